The van der Waals surface area contributed by atoms with Crippen molar-refractivity contribution in [2.75, 3.05) is 0 Å². The lowest BCUT2D eigenvalue weighted by Gasteiger charge is -2.28. The second-order valence-electron chi connectivity index (χ2n) is 4.06. The van der Waals surface area contributed by atoms with Gasteiger partial charge in [-0.15, -0.1) is 0 Å². The van der Waals surface area contributed by atoms with E-state index in [0.717, 1.165) is 0 Å². The maximum absolute atomic E-state index is 3.93. The normalized spacial score (nSPS) is 13.8. The maximum atomic E-state index is 3.93. The van der Waals surface area contributed by atoms with Crippen LogP contribution in [-0.2, 0) is 0 Å². The zero-order chi connectivity index (χ0) is 9.90. The van der Waals surface area contributed by atoms with E-state index >= 15 is 0 Å². The van der Waals surface area contributed by atoms with E-state index in [4.69, 9.17) is 0 Å². The molecule has 1 rings (SSSR count). The van der Waals surface area contributed by atoms with Gasteiger partial charge in [0.1, 0.15) is 0 Å². The van der Waals surface area contributed by atoms with Gasteiger partial charge in [-0.25, -0.2) is 0 Å². The third-order valence-corrected chi connectivity index (χ3v) is 4.60. The molecule has 0 amide bonds. The summed E-state index contributed by atoms with van der Waals surface area (Å²) in [5.74, 6) is 2.10. The molecule has 0 aliphatic heterocycles. The molecule has 13 heavy (non-hydrogen) atoms. The van der Waals surface area contributed by atoms with Gasteiger partial charge in [-0.2, -0.15) is 0 Å². The number of hydrogen-bond donors (Lipinski definition) is 0. The predicted molar refractivity (Wildman–Crippen MR) is 62.9 cm³/mol. The summed E-state index contributed by atoms with van der Waals surface area (Å²) in [6, 6.07) is 10.6. The van der Waals surface area contributed by atoms with Crippen molar-refractivity contribution in [2.24, 2.45) is 0 Å². The van der Waals surface area contributed by atoms with Crippen LogP contribution in [0.5, 0.6) is 0 Å². The molecule has 0 bridgehead atoms. The minimum Gasteiger partial charge on any atom is -0.0982 e. The minimum absolute atomic E-state index is 0.231. The standard InChI is InChI=1S/C12H17P/c1-5-13(12(2,3)4)11-9-7-6-8-10-11/h5-10H,1H2,2-4H3. The lowest BCUT2D eigenvalue weighted by atomic mass is 10.3. The summed E-state index contributed by atoms with van der Waals surface area (Å²) in [6.45, 7) is 10.7. The molecule has 0 aromatic heterocycles. The molecule has 0 saturated heterocycles. The monoisotopic (exact) mass is 192 g/mol. The first-order valence-electron chi connectivity index (χ1n) is 4.52. The molecule has 1 aromatic carbocycles. The highest BCUT2D eigenvalue weighted by atomic mass is 31.1. The van der Waals surface area contributed by atoms with Crippen LogP contribution in [0, 0.1) is 0 Å². The van der Waals surface area contributed by atoms with Crippen molar-refractivity contribution in [1.82, 2.24) is 0 Å². The average molecular weight is 192 g/mol. The highest BCUT2D eigenvalue weighted by Gasteiger charge is 2.22. The summed E-state index contributed by atoms with van der Waals surface area (Å²) >= 11 is 0. The molecule has 0 fully saturated rings. The van der Waals surface area contributed by atoms with Gasteiger partial charge in [0.05, 0.1) is 0 Å². The van der Waals surface area contributed by atoms with Crippen LogP contribution >= 0.6 is 7.92 Å². The molecule has 0 heterocycles. The second kappa shape index (κ2) is 4.07. The van der Waals surface area contributed by atoms with Crippen LogP contribution in [0.15, 0.2) is 42.7 Å². The van der Waals surface area contributed by atoms with Crippen molar-refractivity contribution in [1.29, 1.82) is 0 Å². The van der Waals surface area contributed by atoms with E-state index in [1.165, 1.54) is 5.30 Å². The predicted octanol–water partition coefficient (Wildman–Crippen LogP) is 3.74. The molecule has 0 aliphatic carbocycles. The Balaban J connectivity index is 2.99. The summed E-state index contributed by atoms with van der Waals surface area (Å²) < 4.78 is 0. The third kappa shape index (κ3) is 2.67. The maximum Gasteiger partial charge on any atom is -0.0105 e. The molecule has 0 spiro atoms. The molecule has 1 heteroatoms. The topological polar surface area (TPSA) is 0 Å². The van der Waals surface area contributed by atoms with Gasteiger partial charge >= 0.3 is 0 Å². The Hall–Kier alpha value is -0.610. The van der Waals surface area contributed by atoms with Crippen LogP contribution in [0.4, 0.5) is 0 Å². The zero-order valence-electron chi connectivity index (χ0n) is 8.62. The molecule has 0 saturated carbocycles. The van der Waals surface area contributed by atoms with E-state index in [9.17, 15) is 0 Å². The van der Waals surface area contributed by atoms with Crippen molar-refractivity contribution >= 4 is 13.2 Å². The highest BCUT2D eigenvalue weighted by molar-refractivity contribution is 7.70. The largest absolute Gasteiger partial charge is 0.0982 e. The van der Waals surface area contributed by atoms with Gasteiger partial charge < -0.3 is 0 Å². The molecule has 0 radical (unpaired) electrons. The summed E-state index contributed by atoms with van der Waals surface area (Å²) in [5, 5.41) is 1.73. The molecular weight excluding hydrogens is 175 g/mol. The fraction of sp³-hybridized carbons (Fsp3) is 0.333. The van der Waals surface area contributed by atoms with Crippen LogP contribution in [0.25, 0.3) is 0 Å². The van der Waals surface area contributed by atoms with E-state index in [-0.39, 0.29) is 7.92 Å². The van der Waals surface area contributed by atoms with E-state index in [1.807, 2.05) is 0 Å². The number of benzene rings is 1. The molecule has 0 N–H and O–H groups in total. The first-order valence-corrected chi connectivity index (χ1v) is 5.94. The zero-order valence-corrected chi connectivity index (χ0v) is 9.51. The molecule has 70 valence electrons. The van der Waals surface area contributed by atoms with Crippen molar-refractivity contribution in [2.45, 2.75) is 25.9 Å². The van der Waals surface area contributed by atoms with Crippen molar-refractivity contribution in [3.63, 3.8) is 0 Å². The summed E-state index contributed by atoms with van der Waals surface area (Å²) in [4.78, 5) is 0. The van der Waals surface area contributed by atoms with E-state index < -0.39 is 0 Å². The quantitative estimate of drug-likeness (QED) is 0.626. The Kier molecular flexibility index (Phi) is 3.27. The van der Waals surface area contributed by atoms with Crippen molar-refractivity contribution in [3.05, 3.63) is 42.7 Å². The Morgan fingerprint density at radius 2 is 1.69 bits per heavy atom. The van der Waals surface area contributed by atoms with Gasteiger partial charge in [-0.3, -0.25) is 0 Å². The van der Waals surface area contributed by atoms with Gasteiger partial charge in [0.15, 0.2) is 0 Å². The molecule has 1 unspecified atom stereocenters. The van der Waals surface area contributed by atoms with Crippen LogP contribution in [-0.4, -0.2) is 5.16 Å². The summed E-state index contributed by atoms with van der Waals surface area (Å²) in [7, 11) is -0.231. The van der Waals surface area contributed by atoms with E-state index in [1.54, 1.807) is 0 Å². The fourth-order valence-corrected chi connectivity index (χ4v) is 3.38. The lowest BCUT2D eigenvalue weighted by molar-refractivity contribution is 0.793. The Morgan fingerprint density at radius 3 is 2.08 bits per heavy atom. The summed E-state index contributed by atoms with van der Waals surface area (Å²) in [6.07, 6.45) is 0. The fourth-order valence-electron chi connectivity index (χ4n) is 1.36. The van der Waals surface area contributed by atoms with Crippen molar-refractivity contribution < 1.29 is 0 Å². The Morgan fingerprint density at radius 1 is 1.15 bits per heavy atom. The molecule has 0 aliphatic rings. The molecular formula is C12H17P. The smallest absolute Gasteiger partial charge is 0.0105 e. The van der Waals surface area contributed by atoms with Crippen LogP contribution in [0.1, 0.15) is 20.8 Å². The van der Waals surface area contributed by atoms with Crippen LogP contribution in [0.2, 0.25) is 0 Å². The lowest BCUT2D eigenvalue weighted by Crippen LogP contribution is -2.17. The van der Waals surface area contributed by atoms with Gasteiger partial charge in [-0.05, 0) is 18.4 Å². The molecule has 1 atom stereocenters. The molecule has 0 nitrogen and oxygen atoms in total. The Labute approximate surface area is 82.4 Å². The first-order chi connectivity index (χ1) is 6.05. The van der Waals surface area contributed by atoms with E-state index in [0.29, 0.717) is 5.16 Å². The summed E-state index contributed by atoms with van der Waals surface area (Å²) in [5.41, 5.74) is 0. The highest BCUT2D eigenvalue weighted by Crippen LogP contribution is 2.48. The average Bonchev–Trinajstić information content (AvgIpc) is 2.05. The van der Waals surface area contributed by atoms with Crippen LogP contribution < -0.4 is 5.30 Å². The van der Waals surface area contributed by atoms with Gasteiger partial charge in [0.25, 0.3) is 0 Å². The van der Waals surface area contributed by atoms with E-state index in [2.05, 4.69) is 63.5 Å². The van der Waals surface area contributed by atoms with Gasteiger partial charge in [0, 0.05) is 0 Å². The van der Waals surface area contributed by atoms with Gasteiger partial charge in [-0.1, -0.05) is 63.5 Å². The van der Waals surface area contributed by atoms with Gasteiger partial charge in [0.2, 0.25) is 0 Å². The Bertz CT molecular complexity index is 269. The number of hydrogen-bond acceptors (Lipinski definition) is 0. The third-order valence-electron chi connectivity index (χ3n) is 1.94. The SMILES string of the molecule is C=CP(c1ccccc1)C(C)(C)C. The minimum atomic E-state index is -0.231. The van der Waals surface area contributed by atoms with Crippen LogP contribution in [0.3, 0.4) is 0 Å². The first kappa shape index (κ1) is 10.5. The molecule has 1 aromatic rings. The second-order valence-corrected chi connectivity index (χ2v) is 7.02. The van der Waals surface area contributed by atoms with Crippen molar-refractivity contribution in [3.8, 4) is 0 Å². The number of rotatable bonds is 2.